The molecule has 0 aliphatic heterocycles. The average molecular weight is 374 g/mol. The summed E-state index contributed by atoms with van der Waals surface area (Å²) in [4.78, 5) is 0.681. The topological polar surface area (TPSA) is 55.8 Å². The lowest BCUT2D eigenvalue weighted by atomic mass is 10.1. The van der Waals surface area contributed by atoms with Crippen molar-refractivity contribution < 1.29 is 18.6 Å². The Morgan fingerprint density at radius 2 is 1.68 bits per heavy atom. The number of phenolic OH excluding ortho intramolecular Hbond substituents is 1. The van der Waals surface area contributed by atoms with Crippen molar-refractivity contribution in [2.45, 2.75) is 11.0 Å². The van der Waals surface area contributed by atoms with Crippen molar-refractivity contribution in [2.75, 3.05) is 12.4 Å². The summed E-state index contributed by atoms with van der Waals surface area (Å²) in [5.74, 6) is 1.23. The van der Waals surface area contributed by atoms with Crippen molar-refractivity contribution >= 4 is 31.0 Å². The van der Waals surface area contributed by atoms with Crippen LogP contribution < -0.4 is 4.74 Å². The number of hydrogen-bond acceptors (Lipinski definition) is 4. The Bertz CT molecular complexity index is 870. The summed E-state index contributed by atoms with van der Waals surface area (Å²) in [5.41, 5.74) is 0. The predicted molar refractivity (Wildman–Crippen MR) is 103 cm³/mol. The second kappa shape index (κ2) is 8.43. The molecule has 0 aromatic heterocycles. The van der Waals surface area contributed by atoms with Gasteiger partial charge in [-0.25, -0.2) is 0 Å². The van der Waals surface area contributed by atoms with Gasteiger partial charge < -0.3 is 14.4 Å². The molecule has 0 spiro atoms. The van der Waals surface area contributed by atoms with Gasteiger partial charge in [-0.2, -0.15) is 0 Å². The third kappa shape index (κ3) is 4.37. The highest BCUT2D eigenvalue weighted by Crippen LogP contribution is 2.29. The Hall–Kier alpha value is -1.94. The maximum atomic E-state index is 12.8. The van der Waals surface area contributed by atoms with Crippen molar-refractivity contribution in [1.82, 2.24) is 0 Å². The first-order valence-corrected chi connectivity index (χ1v) is 9.60. The molecule has 0 amide bonds. The molecule has 0 fully saturated rings. The highest BCUT2D eigenvalue weighted by Gasteiger charge is 2.17. The molecule has 3 rings (SSSR count). The van der Waals surface area contributed by atoms with E-state index in [4.69, 9.17) is 9.26 Å². The van der Waals surface area contributed by atoms with Crippen LogP contribution in [0.2, 0.25) is 0 Å². The zero-order chi connectivity index (χ0) is 17.6. The van der Waals surface area contributed by atoms with Gasteiger partial charge in [-0.3, -0.25) is 4.21 Å². The second-order valence-corrected chi connectivity index (χ2v) is 7.26. The Kier molecular flexibility index (Phi) is 6.03. The van der Waals surface area contributed by atoms with Gasteiger partial charge in [0.1, 0.15) is 24.2 Å². The van der Waals surface area contributed by atoms with Gasteiger partial charge in [0.15, 0.2) is 0 Å². The third-order valence-electron chi connectivity index (χ3n) is 3.81. The minimum absolute atomic E-state index is 0.183. The van der Waals surface area contributed by atoms with Gasteiger partial charge in [0, 0.05) is 25.1 Å². The first kappa shape index (κ1) is 17.9. The summed E-state index contributed by atoms with van der Waals surface area (Å²) < 4.78 is 23.9. The summed E-state index contributed by atoms with van der Waals surface area (Å²) >= 11 is 0. The lowest BCUT2D eigenvalue weighted by Crippen LogP contribution is -2.25. The molecule has 3 aromatic rings. The molecule has 0 aliphatic rings. The lowest BCUT2D eigenvalue weighted by molar-refractivity contribution is 0.167. The molecule has 3 aromatic carbocycles. The summed E-state index contributed by atoms with van der Waals surface area (Å²) in [7, 11) is 0.931. The van der Waals surface area contributed by atoms with Gasteiger partial charge >= 0.3 is 0 Å². The van der Waals surface area contributed by atoms with Gasteiger partial charge in [0.25, 0.3) is 0 Å². The highest BCUT2D eigenvalue weighted by atomic mass is 32.2. The van der Waals surface area contributed by atoms with E-state index in [-0.39, 0.29) is 11.9 Å². The number of phenols is 1. The van der Waals surface area contributed by atoms with Crippen molar-refractivity contribution in [3.63, 3.8) is 0 Å². The number of aromatic hydroxyl groups is 1. The van der Waals surface area contributed by atoms with Gasteiger partial charge in [0.05, 0.1) is 16.6 Å². The van der Waals surface area contributed by atoms with Crippen LogP contribution in [0, 0.1) is 0 Å². The van der Waals surface area contributed by atoms with Crippen molar-refractivity contribution in [1.29, 1.82) is 0 Å². The number of fused-ring (bicyclic) bond motifs is 1. The normalized spacial score (nSPS) is 13.5. The smallest absolute Gasteiger partial charge is 0.123 e. The van der Waals surface area contributed by atoms with Gasteiger partial charge in [-0.05, 0) is 24.3 Å². The first-order chi connectivity index (χ1) is 12.2. The number of ether oxygens (including phenoxy) is 1. The van der Waals surface area contributed by atoms with E-state index in [0.717, 1.165) is 11.1 Å². The van der Waals surface area contributed by atoms with Crippen molar-refractivity contribution in [3.8, 4) is 11.5 Å². The maximum absolute atomic E-state index is 12.8. The molecule has 3 unspecified atom stereocenters. The van der Waals surface area contributed by atoms with E-state index in [9.17, 15) is 9.32 Å². The van der Waals surface area contributed by atoms with E-state index in [1.807, 2.05) is 48.5 Å². The van der Waals surface area contributed by atoms with Crippen LogP contribution in [0.4, 0.5) is 0 Å². The maximum Gasteiger partial charge on any atom is 0.123 e. The summed E-state index contributed by atoms with van der Waals surface area (Å²) in [6.45, 7) is 0.301. The largest absolute Gasteiger partial charge is 0.507 e. The molecule has 0 radical (unpaired) electrons. The van der Waals surface area contributed by atoms with Gasteiger partial charge in [-0.1, -0.05) is 42.5 Å². The second-order valence-electron chi connectivity index (χ2n) is 5.52. The number of hydrogen-bond donors (Lipinski definition) is 1. The molecule has 130 valence electrons. The van der Waals surface area contributed by atoms with E-state index >= 15 is 0 Å². The summed E-state index contributed by atoms with van der Waals surface area (Å²) in [6.07, 6.45) is -0.335. The van der Waals surface area contributed by atoms with Crippen LogP contribution in [0.15, 0.2) is 71.6 Å². The SMILES string of the molecule is O=S(CC(COc1ccccc1)OP)c1cccc2c(O)cccc12. The molecule has 0 heterocycles. The number of benzene rings is 3. The highest BCUT2D eigenvalue weighted by molar-refractivity contribution is 7.85. The molecule has 0 saturated heterocycles. The molecule has 0 bridgehead atoms. The molecule has 25 heavy (non-hydrogen) atoms. The van der Waals surface area contributed by atoms with E-state index in [1.165, 1.54) is 0 Å². The Morgan fingerprint density at radius 1 is 0.960 bits per heavy atom. The zero-order valence-corrected chi connectivity index (χ0v) is 15.5. The summed E-state index contributed by atoms with van der Waals surface area (Å²) in [5, 5.41) is 11.4. The van der Waals surface area contributed by atoms with Crippen LogP contribution >= 0.6 is 9.47 Å². The Morgan fingerprint density at radius 3 is 2.44 bits per heavy atom. The number of rotatable bonds is 7. The molecule has 0 saturated carbocycles. The van der Waals surface area contributed by atoms with Crippen molar-refractivity contribution in [3.05, 3.63) is 66.7 Å². The fourth-order valence-corrected chi connectivity index (χ4v) is 4.21. The monoisotopic (exact) mass is 374 g/mol. The van der Waals surface area contributed by atoms with Crippen LogP contribution in [0.1, 0.15) is 0 Å². The quantitative estimate of drug-likeness (QED) is 0.637. The van der Waals surface area contributed by atoms with Crippen LogP contribution in [-0.4, -0.2) is 27.8 Å². The van der Waals surface area contributed by atoms with Gasteiger partial charge in [-0.15, -0.1) is 0 Å². The van der Waals surface area contributed by atoms with Crippen molar-refractivity contribution in [2.24, 2.45) is 0 Å². The standard InChI is InChI=1S/C19H19O4PS/c20-18-10-4-9-17-16(18)8-5-11-19(17)25(21)13-15(23-24)12-22-14-6-2-1-3-7-14/h1-11,15,20H,12-13,24H2. The molecule has 6 heteroatoms. The molecular weight excluding hydrogens is 355 g/mol. The van der Waals surface area contributed by atoms with E-state index < -0.39 is 10.8 Å². The third-order valence-corrected chi connectivity index (χ3v) is 5.72. The fraction of sp³-hybridized carbons (Fsp3) is 0.158. The first-order valence-electron chi connectivity index (χ1n) is 7.81. The average Bonchev–Trinajstić information content (AvgIpc) is 2.65. The Labute approximate surface area is 151 Å². The molecular formula is C19H19O4PS. The molecule has 4 nitrogen and oxygen atoms in total. The fourth-order valence-electron chi connectivity index (χ4n) is 2.55. The molecule has 3 atom stereocenters. The zero-order valence-electron chi connectivity index (χ0n) is 13.5. The van der Waals surface area contributed by atoms with E-state index in [1.54, 1.807) is 18.2 Å². The Balaban J connectivity index is 1.73. The van der Waals surface area contributed by atoms with Crippen LogP contribution in [0.25, 0.3) is 10.8 Å². The molecule has 1 N–H and O–H groups in total. The van der Waals surface area contributed by atoms with E-state index in [2.05, 4.69) is 9.47 Å². The number of para-hydroxylation sites is 1. The van der Waals surface area contributed by atoms with Crippen LogP contribution in [0.3, 0.4) is 0 Å². The summed E-state index contributed by atoms with van der Waals surface area (Å²) in [6, 6.07) is 20.1. The minimum Gasteiger partial charge on any atom is -0.507 e. The van der Waals surface area contributed by atoms with Gasteiger partial charge in [0.2, 0.25) is 0 Å². The van der Waals surface area contributed by atoms with Crippen LogP contribution in [-0.2, 0) is 15.3 Å². The lowest BCUT2D eigenvalue weighted by Gasteiger charge is -2.16. The predicted octanol–water partition coefficient (Wildman–Crippen LogP) is 3.91. The minimum atomic E-state index is -1.28. The molecule has 0 aliphatic carbocycles. The van der Waals surface area contributed by atoms with E-state index in [0.29, 0.717) is 22.6 Å². The van der Waals surface area contributed by atoms with Crippen LogP contribution in [0.5, 0.6) is 11.5 Å².